The molecule has 1 aromatic rings. The highest BCUT2D eigenvalue weighted by atomic mass is 79.9. The highest BCUT2D eigenvalue weighted by Crippen LogP contribution is 2.33. The molecule has 1 atom stereocenters. The lowest BCUT2D eigenvalue weighted by Crippen LogP contribution is -2.16. The Morgan fingerprint density at radius 1 is 1.38 bits per heavy atom. The van der Waals surface area contributed by atoms with E-state index in [-0.39, 0.29) is 0 Å². The Kier molecular flexibility index (Phi) is 4.00. The van der Waals surface area contributed by atoms with Crippen LogP contribution in [0.4, 0.5) is 0 Å². The largest absolute Gasteiger partial charge is 0.389 e. The minimum atomic E-state index is -0.407. The number of benzene rings is 1. The van der Waals surface area contributed by atoms with Crippen LogP contribution in [0.3, 0.4) is 0 Å². The summed E-state index contributed by atoms with van der Waals surface area (Å²) in [6.45, 7) is 3.49. The molecule has 1 N–H and O–H groups in total. The Hall–Kier alpha value is -0.380. The number of rotatable bonds is 2. The summed E-state index contributed by atoms with van der Waals surface area (Å²) in [5, 5.41) is 9.81. The minimum Gasteiger partial charge on any atom is -0.389 e. The standard InChI is InChI=1S/C13H17BrO2/c1-9(15)13-8-11(14)2-3-12(13)10-4-6-16-7-5-10/h2-3,8-10,15H,4-7H2,1H3. The van der Waals surface area contributed by atoms with Crippen LogP contribution in [0.1, 0.15) is 42.9 Å². The summed E-state index contributed by atoms with van der Waals surface area (Å²) in [4.78, 5) is 0. The van der Waals surface area contributed by atoms with Crippen LogP contribution in [0.15, 0.2) is 22.7 Å². The van der Waals surface area contributed by atoms with Crippen molar-refractivity contribution in [2.45, 2.75) is 31.8 Å². The van der Waals surface area contributed by atoms with Crippen LogP contribution < -0.4 is 0 Å². The van der Waals surface area contributed by atoms with E-state index >= 15 is 0 Å². The van der Waals surface area contributed by atoms with E-state index in [4.69, 9.17) is 4.74 Å². The monoisotopic (exact) mass is 284 g/mol. The highest BCUT2D eigenvalue weighted by Gasteiger charge is 2.20. The zero-order valence-electron chi connectivity index (χ0n) is 9.45. The zero-order valence-corrected chi connectivity index (χ0v) is 11.0. The maximum absolute atomic E-state index is 9.81. The molecule has 0 aromatic heterocycles. The second kappa shape index (κ2) is 5.30. The molecule has 16 heavy (non-hydrogen) atoms. The van der Waals surface area contributed by atoms with E-state index in [1.54, 1.807) is 0 Å². The Labute approximate surface area is 105 Å². The first-order valence-corrected chi connectivity index (χ1v) is 6.53. The van der Waals surface area contributed by atoms with Crippen molar-refractivity contribution < 1.29 is 9.84 Å². The van der Waals surface area contributed by atoms with Crippen LogP contribution in [0.2, 0.25) is 0 Å². The van der Waals surface area contributed by atoms with Crippen molar-refractivity contribution >= 4 is 15.9 Å². The summed E-state index contributed by atoms with van der Waals surface area (Å²) in [7, 11) is 0. The van der Waals surface area contributed by atoms with Crippen molar-refractivity contribution in [1.29, 1.82) is 0 Å². The second-order valence-corrected chi connectivity index (χ2v) is 5.25. The molecular weight excluding hydrogens is 268 g/mol. The molecule has 0 saturated carbocycles. The summed E-state index contributed by atoms with van der Waals surface area (Å²) in [5.74, 6) is 0.534. The van der Waals surface area contributed by atoms with Crippen LogP contribution in [-0.4, -0.2) is 18.3 Å². The topological polar surface area (TPSA) is 29.5 Å². The van der Waals surface area contributed by atoms with Gasteiger partial charge in [-0.1, -0.05) is 22.0 Å². The Balaban J connectivity index is 2.31. The number of hydrogen-bond acceptors (Lipinski definition) is 2. The lowest BCUT2D eigenvalue weighted by molar-refractivity contribution is 0.0844. The quantitative estimate of drug-likeness (QED) is 0.902. The van der Waals surface area contributed by atoms with Gasteiger partial charge in [0.05, 0.1) is 6.10 Å². The normalized spacial score (nSPS) is 19.7. The molecule has 1 fully saturated rings. The Bertz CT molecular complexity index is 357. The third-order valence-electron chi connectivity index (χ3n) is 3.16. The smallest absolute Gasteiger partial charge is 0.0765 e. The minimum absolute atomic E-state index is 0.407. The summed E-state index contributed by atoms with van der Waals surface area (Å²) < 4.78 is 6.40. The van der Waals surface area contributed by atoms with E-state index in [2.05, 4.69) is 28.1 Å². The molecule has 1 unspecified atom stereocenters. The van der Waals surface area contributed by atoms with Crippen molar-refractivity contribution in [3.63, 3.8) is 0 Å². The fourth-order valence-electron chi connectivity index (χ4n) is 2.29. The van der Waals surface area contributed by atoms with Crippen molar-refractivity contribution in [2.75, 3.05) is 13.2 Å². The molecule has 0 bridgehead atoms. The lowest BCUT2D eigenvalue weighted by Gasteiger charge is -2.25. The fourth-order valence-corrected chi connectivity index (χ4v) is 2.67. The first-order valence-electron chi connectivity index (χ1n) is 5.73. The summed E-state index contributed by atoms with van der Waals surface area (Å²) in [5.41, 5.74) is 2.32. The van der Waals surface area contributed by atoms with E-state index < -0.39 is 6.10 Å². The van der Waals surface area contributed by atoms with Gasteiger partial charge < -0.3 is 9.84 Å². The predicted molar refractivity (Wildman–Crippen MR) is 67.6 cm³/mol. The molecule has 1 aromatic carbocycles. The maximum Gasteiger partial charge on any atom is 0.0765 e. The average molecular weight is 285 g/mol. The molecule has 0 aliphatic carbocycles. The molecule has 1 aliphatic heterocycles. The van der Waals surface area contributed by atoms with Gasteiger partial charge in [0.2, 0.25) is 0 Å². The summed E-state index contributed by atoms with van der Waals surface area (Å²) in [6, 6.07) is 6.20. The second-order valence-electron chi connectivity index (χ2n) is 4.34. The van der Waals surface area contributed by atoms with Crippen LogP contribution in [0.5, 0.6) is 0 Å². The number of halogens is 1. The van der Waals surface area contributed by atoms with Crippen molar-refractivity contribution in [2.24, 2.45) is 0 Å². The van der Waals surface area contributed by atoms with Gasteiger partial charge in [-0.3, -0.25) is 0 Å². The summed E-state index contributed by atoms with van der Waals surface area (Å²) >= 11 is 3.45. The van der Waals surface area contributed by atoms with Gasteiger partial charge in [0.1, 0.15) is 0 Å². The molecule has 0 amide bonds. The zero-order chi connectivity index (χ0) is 11.5. The van der Waals surface area contributed by atoms with Gasteiger partial charge in [0.15, 0.2) is 0 Å². The predicted octanol–water partition coefficient (Wildman–Crippen LogP) is 3.40. The van der Waals surface area contributed by atoms with Crippen molar-refractivity contribution in [3.05, 3.63) is 33.8 Å². The van der Waals surface area contributed by atoms with E-state index in [1.165, 1.54) is 5.56 Å². The van der Waals surface area contributed by atoms with Crippen LogP contribution >= 0.6 is 15.9 Å². The van der Waals surface area contributed by atoms with Crippen LogP contribution in [-0.2, 0) is 4.74 Å². The molecule has 1 heterocycles. The van der Waals surface area contributed by atoms with E-state index in [1.807, 2.05) is 13.0 Å². The third-order valence-corrected chi connectivity index (χ3v) is 3.65. The van der Waals surface area contributed by atoms with Gasteiger partial charge in [-0.05, 0) is 48.9 Å². The molecule has 2 nitrogen and oxygen atoms in total. The number of ether oxygens (including phenoxy) is 1. The fraction of sp³-hybridized carbons (Fsp3) is 0.538. The van der Waals surface area contributed by atoms with E-state index in [0.717, 1.165) is 36.1 Å². The molecule has 0 radical (unpaired) electrons. The van der Waals surface area contributed by atoms with Crippen molar-refractivity contribution in [3.8, 4) is 0 Å². The molecule has 1 aliphatic rings. The first kappa shape index (κ1) is 12.1. The first-order chi connectivity index (χ1) is 7.68. The number of aliphatic hydroxyl groups is 1. The molecule has 3 heteroatoms. The van der Waals surface area contributed by atoms with Gasteiger partial charge in [0, 0.05) is 17.7 Å². The maximum atomic E-state index is 9.81. The average Bonchev–Trinajstić information content (AvgIpc) is 2.30. The van der Waals surface area contributed by atoms with Gasteiger partial charge in [0.25, 0.3) is 0 Å². The van der Waals surface area contributed by atoms with Crippen LogP contribution in [0, 0.1) is 0 Å². The molecule has 2 rings (SSSR count). The number of aliphatic hydroxyl groups excluding tert-OH is 1. The highest BCUT2D eigenvalue weighted by molar-refractivity contribution is 9.10. The van der Waals surface area contributed by atoms with E-state index in [0.29, 0.717) is 5.92 Å². The summed E-state index contributed by atoms with van der Waals surface area (Å²) in [6.07, 6.45) is 1.71. The van der Waals surface area contributed by atoms with Crippen molar-refractivity contribution in [1.82, 2.24) is 0 Å². The van der Waals surface area contributed by atoms with Gasteiger partial charge in [-0.15, -0.1) is 0 Å². The Morgan fingerprint density at radius 3 is 2.69 bits per heavy atom. The Morgan fingerprint density at radius 2 is 2.06 bits per heavy atom. The SMILES string of the molecule is CC(O)c1cc(Br)ccc1C1CCOCC1. The molecular formula is C13H17BrO2. The van der Waals surface area contributed by atoms with E-state index in [9.17, 15) is 5.11 Å². The van der Waals surface area contributed by atoms with Crippen LogP contribution in [0.25, 0.3) is 0 Å². The number of hydrogen-bond donors (Lipinski definition) is 1. The molecule has 88 valence electrons. The molecule has 1 saturated heterocycles. The lowest BCUT2D eigenvalue weighted by atomic mass is 9.87. The third kappa shape index (κ3) is 2.65. The molecule has 0 spiro atoms. The van der Waals surface area contributed by atoms with Gasteiger partial charge >= 0.3 is 0 Å². The van der Waals surface area contributed by atoms with Gasteiger partial charge in [-0.25, -0.2) is 0 Å². The van der Waals surface area contributed by atoms with Gasteiger partial charge in [-0.2, -0.15) is 0 Å².